The number of hydrogen-bond acceptors (Lipinski definition) is 4. The van der Waals surface area contributed by atoms with Crippen molar-refractivity contribution in [1.82, 2.24) is 19.5 Å². The molecule has 0 bridgehead atoms. The Balaban J connectivity index is 1.79. The smallest absolute Gasteiger partial charge is 0.161 e. The van der Waals surface area contributed by atoms with E-state index in [9.17, 15) is 0 Å². The zero-order valence-corrected chi connectivity index (χ0v) is 12.4. The molecule has 4 rings (SSSR count). The Kier molecular flexibility index (Phi) is 3.56. The summed E-state index contributed by atoms with van der Waals surface area (Å²) in [5, 5.41) is 0. The maximum atomic E-state index is 5.62. The van der Waals surface area contributed by atoms with Crippen molar-refractivity contribution in [2.45, 2.75) is 19.4 Å². The van der Waals surface area contributed by atoms with Gasteiger partial charge in [0.15, 0.2) is 11.5 Å². The van der Waals surface area contributed by atoms with Gasteiger partial charge in [0.2, 0.25) is 0 Å². The molecule has 1 unspecified atom stereocenters. The molecule has 4 heterocycles. The van der Waals surface area contributed by atoms with Gasteiger partial charge in [-0.1, -0.05) is 6.07 Å². The molecule has 3 aromatic heterocycles. The minimum Gasteiger partial charge on any atom is -0.381 e. The fourth-order valence-corrected chi connectivity index (χ4v) is 3.03. The first-order valence-electron chi connectivity index (χ1n) is 7.72. The summed E-state index contributed by atoms with van der Waals surface area (Å²) in [5.74, 6) is 1.40. The SMILES string of the molecule is c1ccc(-c2nc3cccnc3n2CC2CCCOC2)nc1. The molecule has 0 spiro atoms. The van der Waals surface area contributed by atoms with E-state index in [0.717, 1.165) is 48.9 Å². The van der Waals surface area contributed by atoms with Crippen LogP contribution in [0.15, 0.2) is 42.7 Å². The molecule has 1 fully saturated rings. The van der Waals surface area contributed by atoms with Crippen molar-refractivity contribution >= 4 is 11.2 Å². The maximum absolute atomic E-state index is 5.62. The molecule has 0 N–H and O–H groups in total. The Morgan fingerprint density at radius 2 is 2.09 bits per heavy atom. The summed E-state index contributed by atoms with van der Waals surface area (Å²) in [7, 11) is 0. The molecule has 5 heteroatoms. The number of hydrogen-bond donors (Lipinski definition) is 0. The first kappa shape index (κ1) is 13.4. The lowest BCUT2D eigenvalue weighted by Gasteiger charge is -2.23. The zero-order chi connectivity index (χ0) is 14.8. The first-order chi connectivity index (χ1) is 10.9. The Bertz CT molecular complexity index is 763. The van der Waals surface area contributed by atoms with Gasteiger partial charge in [0, 0.05) is 31.5 Å². The number of rotatable bonds is 3. The lowest BCUT2D eigenvalue weighted by molar-refractivity contribution is 0.0489. The third-order valence-electron chi connectivity index (χ3n) is 4.09. The average Bonchev–Trinajstić information content (AvgIpc) is 2.95. The molecular formula is C17H18N4O. The predicted molar refractivity (Wildman–Crippen MR) is 84.3 cm³/mol. The Labute approximate surface area is 129 Å². The quantitative estimate of drug-likeness (QED) is 0.745. The molecule has 1 aliphatic heterocycles. The van der Waals surface area contributed by atoms with E-state index in [1.807, 2.05) is 36.5 Å². The van der Waals surface area contributed by atoms with E-state index < -0.39 is 0 Å². The van der Waals surface area contributed by atoms with Crippen LogP contribution >= 0.6 is 0 Å². The molecule has 3 aromatic rings. The van der Waals surface area contributed by atoms with Gasteiger partial charge >= 0.3 is 0 Å². The van der Waals surface area contributed by atoms with E-state index in [1.165, 1.54) is 6.42 Å². The highest BCUT2D eigenvalue weighted by molar-refractivity contribution is 5.76. The van der Waals surface area contributed by atoms with Crippen LogP contribution in [0.4, 0.5) is 0 Å². The van der Waals surface area contributed by atoms with Crippen molar-refractivity contribution < 1.29 is 4.74 Å². The van der Waals surface area contributed by atoms with Crippen LogP contribution in [0.1, 0.15) is 12.8 Å². The summed E-state index contributed by atoms with van der Waals surface area (Å²) in [6.45, 7) is 2.57. The molecule has 0 saturated carbocycles. The molecule has 1 aliphatic rings. The van der Waals surface area contributed by atoms with Crippen molar-refractivity contribution in [3.05, 3.63) is 42.7 Å². The number of fused-ring (bicyclic) bond motifs is 1. The van der Waals surface area contributed by atoms with Gasteiger partial charge in [-0.15, -0.1) is 0 Å². The minimum atomic E-state index is 0.510. The van der Waals surface area contributed by atoms with Gasteiger partial charge in [-0.25, -0.2) is 9.97 Å². The van der Waals surface area contributed by atoms with Crippen molar-refractivity contribution in [1.29, 1.82) is 0 Å². The Morgan fingerprint density at radius 3 is 2.91 bits per heavy atom. The first-order valence-corrected chi connectivity index (χ1v) is 7.72. The second-order valence-corrected chi connectivity index (χ2v) is 5.69. The van der Waals surface area contributed by atoms with E-state index in [-0.39, 0.29) is 0 Å². The van der Waals surface area contributed by atoms with E-state index in [4.69, 9.17) is 9.72 Å². The molecular weight excluding hydrogens is 276 g/mol. The van der Waals surface area contributed by atoms with Gasteiger partial charge in [-0.3, -0.25) is 4.98 Å². The third kappa shape index (κ3) is 2.48. The molecule has 0 radical (unpaired) electrons. The van der Waals surface area contributed by atoms with Crippen LogP contribution in [0.25, 0.3) is 22.7 Å². The minimum absolute atomic E-state index is 0.510. The fraction of sp³-hybridized carbons (Fsp3) is 0.353. The largest absolute Gasteiger partial charge is 0.381 e. The predicted octanol–water partition coefficient (Wildman–Crippen LogP) is 2.92. The Hall–Kier alpha value is -2.27. The van der Waals surface area contributed by atoms with Crippen molar-refractivity contribution in [2.24, 2.45) is 5.92 Å². The van der Waals surface area contributed by atoms with E-state index in [2.05, 4.69) is 14.5 Å². The zero-order valence-electron chi connectivity index (χ0n) is 12.4. The van der Waals surface area contributed by atoms with E-state index in [0.29, 0.717) is 5.92 Å². The molecule has 112 valence electrons. The van der Waals surface area contributed by atoms with Gasteiger partial charge in [0.1, 0.15) is 11.2 Å². The normalized spacial score (nSPS) is 18.6. The van der Waals surface area contributed by atoms with Gasteiger partial charge in [0.05, 0.1) is 6.61 Å². The van der Waals surface area contributed by atoms with Gasteiger partial charge in [0.25, 0.3) is 0 Å². The highest BCUT2D eigenvalue weighted by atomic mass is 16.5. The summed E-state index contributed by atoms with van der Waals surface area (Å²) < 4.78 is 7.81. The van der Waals surface area contributed by atoms with Gasteiger partial charge in [-0.05, 0) is 37.1 Å². The van der Waals surface area contributed by atoms with E-state index in [1.54, 1.807) is 6.20 Å². The van der Waals surface area contributed by atoms with E-state index >= 15 is 0 Å². The van der Waals surface area contributed by atoms with Crippen LogP contribution in [-0.2, 0) is 11.3 Å². The molecule has 0 aromatic carbocycles. The van der Waals surface area contributed by atoms with Crippen LogP contribution in [0.2, 0.25) is 0 Å². The standard InChI is InChI=1S/C17H18N4O/c1-2-8-18-14(6-1)17-20-15-7-3-9-19-16(15)21(17)11-13-5-4-10-22-12-13/h1-3,6-9,13H,4-5,10-12H2. The van der Waals surface area contributed by atoms with Crippen molar-refractivity contribution in [3.63, 3.8) is 0 Å². The van der Waals surface area contributed by atoms with Crippen molar-refractivity contribution in [3.8, 4) is 11.5 Å². The monoisotopic (exact) mass is 294 g/mol. The molecule has 0 amide bonds. The number of imidazole rings is 1. The number of pyridine rings is 2. The van der Waals surface area contributed by atoms with Crippen LogP contribution < -0.4 is 0 Å². The van der Waals surface area contributed by atoms with Crippen LogP contribution in [0.3, 0.4) is 0 Å². The number of ether oxygens (including phenoxy) is 1. The Morgan fingerprint density at radius 1 is 1.14 bits per heavy atom. The van der Waals surface area contributed by atoms with Crippen molar-refractivity contribution in [2.75, 3.05) is 13.2 Å². The summed E-state index contributed by atoms with van der Waals surface area (Å²) >= 11 is 0. The summed E-state index contributed by atoms with van der Waals surface area (Å²) in [6, 6.07) is 9.83. The lowest BCUT2D eigenvalue weighted by atomic mass is 10.0. The summed E-state index contributed by atoms with van der Waals surface area (Å²) in [4.78, 5) is 13.7. The molecule has 5 nitrogen and oxygen atoms in total. The summed E-state index contributed by atoms with van der Waals surface area (Å²) in [5.41, 5.74) is 2.73. The maximum Gasteiger partial charge on any atom is 0.161 e. The average molecular weight is 294 g/mol. The topological polar surface area (TPSA) is 52.8 Å². The molecule has 1 atom stereocenters. The van der Waals surface area contributed by atoms with Crippen LogP contribution in [0, 0.1) is 5.92 Å². The third-order valence-corrected chi connectivity index (χ3v) is 4.09. The van der Waals surface area contributed by atoms with Gasteiger partial charge < -0.3 is 9.30 Å². The second-order valence-electron chi connectivity index (χ2n) is 5.69. The molecule has 0 aliphatic carbocycles. The molecule has 1 saturated heterocycles. The van der Waals surface area contributed by atoms with Gasteiger partial charge in [-0.2, -0.15) is 0 Å². The van der Waals surface area contributed by atoms with Crippen LogP contribution in [-0.4, -0.2) is 32.7 Å². The highest BCUT2D eigenvalue weighted by Gasteiger charge is 2.20. The lowest BCUT2D eigenvalue weighted by Crippen LogP contribution is -2.22. The number of aromatic nitrogens is 4. The summed E-state index contributed by atoms with van der Waals surface area (Å²) in [6.07, 6.45) is 5.94. The number of nitrogens with zero attached hydrogens (tertiary/aromatic N) is 4. The fourth-order valence-electron chi connectivity index (χ4n) is 3.03. The molecule has 22 heavy (non-hydrogen) atoms. The second kappa shape index (κ2) is 5.85. The van der Waals surface area contributed by atoms with Crippen LogP contribution in [0.5, 0.6) is 0 Å². The highest BCUT2D eigenvalue weighted by Crippen LogP contribution is 2.25.